The molecule has 7 nitrogen and oxygen atoms in total. The Morgan fingerprint density at radius 1 is 0.971 bits per heavy atom. The van der Waals surface area contributed by atoms with E-state index in [4.69, 9.17) is 4.74 Å². The van der Waals surface area contributed by atoms with E-state index in [1.165, 1.54) is 0 Å². The first-order valence-corrected chi connectivity index (χ1v) is 12.8. The van der Waals surface area contributed by atoms with Gasteiger partial charge in [0, 0.05) is 17.5 Å². The molecule has 0 radical (unpaired) electrons. The van der Waals surface area contributed by atoms with Crippen LogP contribution in [-0.4, -0.2) is 38.4 Å². The average molecular weight is 486 g/mol. The van der Waals surface area contributed by atoms with Gasteiger partial charge >= 0.3 is 5.97 Å². The van der Waals surface area contributed by atoms with Crippen LogP contribution in [0.2, 0.25) is 0 Å². The first-order chi connectivity index (χ1) is 16.1. The number of nitrogens with one attached hydrogen (secondary N) is 1. The topological polar surface area (TPSA) is 107 Å². The maximum absolute atomic E-state index is 12.9. The van der Waals surface area contributed by atoms with Crippen molar-refractivity contribution in [2.45, 2.75) is 45.4 Å². The number of hydrogen-bond acceptors (Lipinski definition) is 6. The zero-order chi connectivity index (χ0) is 25.1. The van der Waals surface area contributed by atoms with Crippen molar-refractivity contribution >= 4 is 27.7 Å². The second-order valence-corrected chi connectivity index (χ2v) is 9.84. The van der Waals surface area contributed by atoms with Gasteiger partial charge in [-0.25, -0.2) is 8.42 Å². The van der Waals surface area contributed by atoms with Crippen LogP contribution in [0.5, 0.6) is 0 Å². The van der Waals surface area contributed by atoms with E-state index in [1.807, 2.05) is 6.07 Å². The van der Waals surface area contributed by atoms with Gasteiger partial charge in [0.05, 0.1) is 18.3 Å². The minimum atomic E-state index is -3.87. The third-order valence-electron chi connectivity index (χ3n) is 5.13. The molecule has 0 heterocycles. The summed E-state index contributed by atoms with van der Waals surface area (Å²) in [4.78, 5) is 37.0. The van der Waals surface area contributed by atoms with E-state index in [2.05, 4.69) is 11.3 Å². The Kier molecular flexibility index (Phi) is 10.2. The van der Waals surface area contributed by atoms with Crippen molar-refractivity contribution in [1.82, 2.24) is 4.72 Å². The summed E-state index contributed by atoms with van der Waals surface area (Å²) in [7, 11) is -3.87. The number of esters is 1. The van der Waals surface area contributed by atoms with Crippen LogP contribution < -0.4 is 4.72 Å². The normalized spacial score (nSPS) is 11.9. The molecule has 1 unspecified atom stereocenters. The maximum atomic E-state index is 12.9. The zero-order valence-corrected chi connectivity index (χ0v) is 20.4. The first-order valence-electron chi connectivity index (χ1n) is 11.2. The van der Waals surface area contributed by atoms with E-state index in [-0.39, 0.29) is 23.9 Å². The highest BCUT2D eigenvalue weighted by Gasteiger charge is 2.26. The molecule has 0 aliphatic heterocycles. The Hall–Kier alpha value is -3.26. The highest BCUT2D eigenvalue weighted by molar-refractivity contribution is 7.90. The smallest absolute Gasteiger partial charge is 0.305 e. The fraction of sp³-hybridized carbons (Fsp3) is 0.346. The number of ketones is 1. The quantitative estimate of drug-likeness (QED) is 0.198. The molecule has 1 amide bonds. The number of benzene rings is 2. The van der Waals surface area contributed by atoms with Gasteiger partial charge in [0.1, 0.15) is 0 Å². The number of carbonyl (C=O) groups is 3. The molecule has 1 atom stereocenters. The predicted molar refractivity (Wildman–Crippen MR) is 131 cm³/mol. The summed E-state index contributed by atoms with van der Waals surface area (Å²) in [5.74, 6) is -2.39. The van der Waals surface area contributed by atoms with Crippen LogP contribution in [0, 0.1) is 0 Å². The van der Waals surface area contributed by atoms with Gasteiger partial charge in [-0.15, -0.1) is 0 Å². The highest BCUT2D eigenvalue weighted by Crippen LogP contribution is 2.25. The minimum absolute atomic E-state index is 0.196. The van der Waals surface area contributed by atoms with E-state index in [9.17, 15) is 22.8 Å². The van der Waals surface area contributed by atoms with Gasteiger partial charge in [-0.05, 0) is 38.3 Å². The number of hydrogen-bond donors (Lipinski definition) is 1. The summed E-state index contributed by atoms with van der Waals surface area (Å²) in [6, 6.07) is 15.3. The number of carbonyl (C=O) groups excluding carboxylic acids is 3. The van der Waals surface area contributed by atoms with Crippen molar-refractivity contribution in [1.29, 1.82) is 0 Å². The van der Waals surface area contributed by atoms with Crippen LogP contribution in [0.25, 0.3) is 0 Å². The van der Waals surface area contributed by atoms with Gasteiger partial charge < -0.3 is 4.74 Å². The first kappa shape index (κ1) is 27.0. The van der Waals surface area contributed by atoms with Gasteiger partial charge in [-0.2, -0.15) is 0 Å². The fourth-order valence-corrected chi connectivity index (χ4v) is 4.62. The number of amides is 1. The number of unbranched alkanes of at least 4 members (excludes halogenated alkanes) is 2. The maximum Gasteiger partial charge on any atom is 0.305 e. The Bertz CT molecular complexity index is 1120. The molecule has 0 saturated carbocycles. The van der Waals surface area contributed by atoms with Crippen LogP contribution in [0.4, 0.5) is 0 Å². The summed E-state index contributed by atoms with van der Waals surface area (Å²) < 4.78 is 31.9. The van der Waals surface area contributed by atoms with Gasteiger partial charge in [0.2, 0.25) is 15.9 Å². The molecular weight excluding hydrogens is 454 g/mol. The molecular formula is C26H31NO6S. The second kappa shape index (κ2) is 12.8. The van der Waals surface area contributed by atoms with Crippen LogP contribution in [0.3, 0.4) is 0 Å². The Morgan fingerprint density at radius 3 is 2.29 bits per heavy atom. The highest BCUT2D eigenvalue weighted by atomic mass is 32.2. The summed E-state index contributed by atoms with van der Waals surface area (Å²) in [5, 5.41) is 0. The molecule has 2 aromatic carbocycles. The lowest BCUT2D eigenvalue weighted by atomic mass is 9.90. The Balaban J connectivity index is 2.04. The molecule has 1 N–H and O–H groups in total. The largest absolute Gasteiger partial charge is 0.466 e. The lowest BCUT2D eigenvalue weighted by Gasteiger charge is -2.18. The number of sulfonamides is 1. The van der Waals surface area contributed by atoms with Crippen molar-refractivity contribution in [2.24, 2.45) is 0 Å². The SMILES string of the molecule is C=C(C)C(C(=O)NS(=O)(=O)CCCCCC(=O)OCC)c1cccc(C(=O)c2ccccc2)c1. The minimum Gasteiger partial charge on any atom is -0.466 e. The van der Waals surface area contributed by atoms with Gasteiger partial charge in [0.15, 0.2) is 5.78 Å². The number of ether oxygens (including phenoxy) is 1. The van der Waals surface area contributed by atoms with Crippen molar-refractivity contribution in [3.05, 3.63) is 83.4 Å². The Labute approximate surface area is 201 Å². The van der Waals surface area contributed by atoms with Crippen LogP contribution in [0.1, 0.15) is 66.9 Å². The third-order valence-corrected chi connectivity index (χ3v) is 6.47. The van der Waals surface area contributed by atoms with Crippen molar-refractivity contribution in [3.8, 4) is 0 Å². The van der Waals surface area contributed by atoms with E-state index in [0.717, 1.165) is 0 Å². The summed E-state index contributed by atoms with van der Waals surface area (Å²) in [5.41, 5.74) is 1.84. The molecule has 0 aliphatic carbocycles. The van der Waals surface area contributed by atoms with Crippen molar-refractivity contribution in [3.63, 3.8) is 0 Å². The van der Waals surface area contributed by atoms with E-state index in [1.54, 1.807) is 62.4 Å². The molecule has 0 aromatic heterocycles. The van der Waals surface area contributed by atoms with Gasteiger partial charge in [0.25, 0.3) is 0 Å². The zero-order valence-electron chi connectivity index (χ0n) is 19.6. The summed E-state index contributed by atoms with van der Waals surface area (Å²) in [6.07, 6.45) is 1.57. The Morgan fingerprint density at radius 2 is 1.65 bits per heavy atom. The van der Waals surface area contributed by atoms with Gasteiger partial charge in [-0.1, -0.05) is 67.1 Å². The third kappa shape index (κ3) is 8.26. The lowest BCUT2D eigenvalue weighted by Crippen LogP contribution is -2.36. The number of rotatable bonds is 13. The molecule has 0 aliphatic rings. The van der Waals surface area contributed by atoms with E-state index in [0.29, 0.717) is 48.1 Å². The summed E-state index contributed by atoms with van der Waals surface area (Å²) in [6.45, 7) is 7.52. The predicted octanol–water partition coefficient (Wildman–Crippen LogP) is 4.15. The average Bonchev–Trinajstić information content (AvgIpc) is 2.78. The van der Waals surface area contributed by atoms with E-state index >= 15 is 0 Å². The molecule has 0 fully saturated rings. The standard InChI is InChI=1S/C26H31NO6S/c1-4-33-23(28)16-9-6-10-17-34(31,32)27-26(30)24(19(2)3)21-14-11-15-22(18-21)25(29)20-12-7-5-8-13-20/h5,7-8,11-15,18,24H,2,4,6,9-10,16-17H2,1,3H3,(H,27,30). The van der Waals surface area contributed by atoms with Crippen LogP contribution >= 0.6 is 0 Å². The molecule has 8 heteroatoms. The molecule has 34 heavy (non-hydrogen) atoms. The van der Waals surface area contributed by atoms with E-state index < -0.39 is 21.8 Å². The van der Waals surface area contributed by atoms with Crippen molar-refractivity contribution < 1.29 is 27.5 Å². The summed E-state index contributed by atoms with van der Waals surface area (Å²) >= 11 is 0. The van der Waals surface area contributed by atoms with Gasteiger partial charge in [-0.3, -0.25) is 19.1 Å². The second-order valence-electron chi connectivity index (χ2n) is 8.00. The molecule has 2 rings (SSSR count). The molecule has 182 valence electrons. The monoisotopic (exact) mass is 485 g/mol. The van der Waals surface area contributed by atoms with Crippen LogP contribution in [0.15, 0.2) is 66.7 Å². The molecule has 0 saturated heterocycles. The fourth-order valence-electron chi connectivity index (χ4n) is 3.51. The van der Waals surface area contributed by atoms with Crippen molar-refractivity contribution in [2.75, 3.05) is 12.4 Å². The molecule has 2 aromatic rings. The lowest BCUT2D eigenvalue weighted by molar-refractivity contribution is -0.143. The molecule has 0 spiro atoms. The van der Waals surface area contributed by atoms with Crippen LogP contribution in [-0.2, 0) is 24.3 Å². The molecule has 0 bridgehead atoms.